The Bertz CT molecular complexity index is 2390. The average molecular weight is 848 g/mol. The van der Waals surface area contributed by atoms with Crippen LogP contribution in [0.4, 0.5) is 10.8 Å². The van der Waals surface area contributed by atoms with Gasteiger partial charge >= 0.3 is 0 Å². The van der Waals surface area contributed by atoms with Gasteiger partial charge in [-0.15, -0.1) is 17.9 Å². The number of benzene rings is 2. The number of nitrogens with one attached hydrogen (secondary N) is 4. The normalized spacial score (nSPS) is 24.1. The van der Waals surface area contributed by atoms with Crippen molar-refractivity contribution in [3.05, 3.63) is 66.6 Å². The maximum absolute atomic E-state index is 14.3. The molecule has 4 N–H and O–H groups in total. The number of anilines is 2. The van der Waals surface area contributed by atoms with Crippen molar-refractivity contribution in [1.29, 1.82) is 0 Å². The van der Waals surface area contributed by atoms with Gasteiger partial charge in [-0.25, -0.2) is 23.1 Å². The molecule has 59 heavy (non-hydrogen) atoms. The minimum Gasteiger partial charge on any atom is -0.497 e. The molecule has 312 valence electrons. The monoisotopic (exact) mass is 847 g/mol. The molecule has 2 fully saturated rings. The molecule has 2 aromatic carbocycles. The van der Waals surface area contributed by atoms with E-state index in [0.29, 0.717) is 33.8 Å². The Hall–Kier alpha value is -5.63. The third kappa shape index (κ3) is 9.17. The summed E-state index contributed by atoms with van der Waals surface area (Å²) in [4.78, 5) is 65.3. The highest BCUT2D eigenvalue weighted by molar-refractivity contribution is 7.90. The molecule has 4 aromatic rings. The number of para-hydroxylation sites is 1. The van der Waals surface area contributed by atoms with Crippen LogP contribution in [0.25, 0.3) is 22.3 Å². The van der Waals surface area contributed by atoms with Gasteiger partial charge in [0.05, 0.1) is 56.8 Å². The lowest BCUT2D eigenvalue weighted by Crippen LogP contribution is -2.56. The van der Waals surface area contributed by atoms with Gasteiger partial charge < -0.3 is 39.8 Å². The summed E-state index contributed by atoms with van der Waals surface area (Å²) in [7, 11) is -3.01. The topological polar surface area (TPSA) is 216 Å². The molecule has 3 aliphatic rings. The number of nitrogens with zero attached hydrogens (tertiary/aromatic N) is 3. The van der Waals surface area contributed by atoms with Crippen LogP contribution in [0, 0.1) is 5.92 Å². The van der Waals surface area contributed by atoms with Crippen LogP contribution in [0.15, 0.2) is 71.5 Å². The van der Waals surface area contributed by atoms with Gasteiger partial charge in [0.2, 0.25) is 17.7 Å². The molecule has 0 radical (unpaired) electrons. The van der Waals surface area contributed by atoms with Crippen LogP contribution >= 0.6 is 11.3 Å². The van der Waals surface area contributed by atoms with Crippen molar-refractivity contribution < 1.29 is 46.5 Å². The number of hydrogen-bond donors (Lipinski definition) is 4. The molecule has 1 aliphatic carbocycles. The molecular weight excluding hydrogens is 803 g/mol. The Balaban J connectivity index is 1.19. The lowest BCUT2D eigenvalue weighted by Gasteiger charge is -2.26. The Morgan fingerprint density at radius 1 is 1.05 bits per heavy atom. The fourth-order valence-electron chi connectivity index (χ4n) is 7.11. The zero-order chi connectivity index (χ0) is 41.9. The zero-order valence-corrected chi connectivity index (χ0v) is 34.3. The first-order chi connectivity index (χ1) is 28.3. The fourth-order valence-corrected chi connectivity index (χ4v) is 9.16. The molecule has 2 aromatic heterocycles. The number of fused-ring (bicyclic) bond motifs is 3. The van der Waals surface area contributed by atoms with Crippen molar-refractivity contribution in [2.75, 3.05) is 50.7 Å². The van der Waals surface area contributed by atoms with E-state index in [1.54, 1.807) is 25.3 Å². The Labute approximate surface area is 344 Å². The Kier molecular flexibility index (Phi) is 12.2. The molecule has 0 bridgehead atoms. The van der Waals surface area contributed by atoms with Gasteiger partial charge in [-0.1, -0.05) is 18.2 Å². The summed E-state index contributed by atoms with van der Waals surface area (Å²) in [6.45, 7) is 7.51. The minimum absolute atomic E-state index is 0.00233. The quantitative estimate of drug-likeness (QED) is 0.196. The lowest BCUT2D eigenvalue weighted by molar-refractivity contribution is -0.140. The Morgan fingerprint density at radius 3 is 2.61 bits per heavy atom. The summed E-state index contributed by atoms with van der Waals surface area (Å²) < 4.78 is 52.6. The van der Waals surface area contributed by atoms with Gasteiger partial charge in [0.1, 0.15) is 46.4 Å². The van der Waals surface area contributed by atoms with Crippen LogP contribution in [0.3, 0.4) is 0 Å². The average Bonchev–Trinajstić information content (AvgIpc) is 3.47. The third-order valence-electron chi connectivity index (χ3n) is 10.1. The number of sulfonamides is 1. The van der Waals surface area contributed by atoms with Crippen LogP contribution in [-0.2, 0) is 38.7 Å². The number of hydrogen-bond acceptors (Lipinski definition) is 14. The summed E-state index contributed by atoms with van der Waals surface area (Å²) >= 11 is 1.44. The van der Waals surface area contributed by atoms with Crippen LogP contribution in [0.5, 0.6) is 11.5 Å². The molecule has 17 nitrogen and oxygen atoms in total. The number of methoxy groups -OCH3 is 1. The summed E-state index contributed by atoms with van der Waals surface area (Å²) in [6.07, 6.45) is 0.786. The molecule has 1 saturated heterocycles. The van der Waals surface area contributed by atoms with E-state index in [0.717, 1.165) is 5.13 Å². The van der Waals surface area contributed by atoms with Crippen molar-refractivity contribution in [3.63, 3.8) is 0 Å². The molecule has 1 spiro atoms. The largest absolute Gasteiger partial charge is 0.497 e. The third-order valence-corrected chi connectivity index (χ3v) is 12.3. The first-order valence-electron chi connectivity index (χ1n) is 19.0. The number of pyridine rings is 1. The van der Waals surface area contributed by atoms with Crippen molar-refractivity contribution in [1.82, 2.24) is 24.9 Å². The second kappa shape index (κ2) is 17.3. The first kappa shape index (κ1) is 41.5. The molecule has 2 aliphatic heterocycles. The predicted octanol–water partition coefficient (Wildman–Crippen LogP) is 3.48. The number of carbonyl (C=O) groups excluding carboxylic acids is 4. The van der Waals surface area contributed by atoms with Crippen molar-refractivity contribution >= 4 is 66.7 Å². The van der Waals surface area contributed by atoms with Crippen LogP contribution < -0.4 is 30.1 Å². The summed E-state index contributed by atoms with van der Waals surface area (Å²) in [5.41, 5.74) is -0.00429. The van der Waals surface area contributed by atoms with Crippen LogP contribution in [-0.4, -0.2) is 111 Å². The highest BCUT2D eigenvalue weighted by atomic mass is 32.2. The predicted molar refractivity (Wildman–Crippen MR) is 219 cm³/mol. The highest BCUT2D eigenvalue weighted by Gasteiger charge is 2.61. The van der Waals surface area contributed by atoms with Crippen LogP contribution in [0.1, 0.15) is 33.1 Å². The van der Waals surface area contributed by atoms with E-state index in [9.17, 15) is 27.6 Å². The molecule has 19 heteroatoms. The first-order valence-corrected chi connectivity index (χ1v) is 21.4. The molecule has 1 saturated carbocycles. The fraction of sp³-hybridized carbons (Fsp3) is 0.400. The minimum atomic E-state index is -4.57. The second-order valence-corrected chi connectivity index (χ2v) is 17.2. The molecule has 4 heterocycles. The summed E-state index contributed by atoms with van der Waals surface area (Å²) in [6, 6.07) is 11.8. The SMILES string of the molecule is C=C[C@@H]1C[C@@]12NC(=O)[C@@H]1C[C@@H](Oc3cc(-c4csc(NC(C)C)n4)nc4cc(OC)ccc34)CN1C(=O)CCOCCOCC(=O)Nc1ccccc1S(=O)(=O)NC2=O. The van der Waals surface area contributed by atoms with Gasteiger partial charge in [0.15, 0.2) is 5.13 Å². The second-order valence-electron chi connectivity index (χ2n) is 14.7. The van der Waals surface area contributed by atoms with Gasteiger partial charge in [0, 0.05) is 41.3 Å². The standard InChI is InChI=1S/C40H45N7O10S2/c1-5-24-19-40(24)38(51)46-59(52,53)34-9-7-6-8-28(34)43-35(48)21-56-15-14-55-13-12-36(49)47-20-26(17-32(47)37(50)45-40)57-33-18-30(31-22-58-39(44-31)41-23(2)3)42-29-16-25(54-4)10-11-27(29)33/h5-11,16,18,22-24,26,32H,1,12-15,17,19-21H2,2-4H3,(H,41,44)(H,43,48)(H,45,50)(H,46,51)/t24-,26-,32+,40-/m1/s1. The number of thiazole rings is 1. The van der Waals surface area contributed by atoms with E-state index in [1.807, 2.05) is 25.3 Å². The zero-order valence-electron chi connectivity index (χ0n) is 32.7. The Morgan fingerprint density at radius 2 is 1.85 bits per heavy atom. The van der Waals surface area contributed by atoms with E-state index in [4.69, 9.17) is 28.9 Å². The van der Waals surface area contributed by atoms with E-state index < -0.39 is 63.9 Å². The van der Waals surface area contributed by atoms with Crippen molar-refractivity contribution in [2.45, 2.75) is 61.7 Å². The van der Waals surface area contributed by atoms with E-state index >= 15 is 0 Å². The maximum atomic E-state index is 14.3. The molecule has 4 atom stereocenters. The molecule has 0 unspecified atom stereocenters. The smallest absolute Gasteiger partial charge is 0.266 e. The van der Waals surface area contributed by atoms with Gasteiger partial charge in [-0.2, -0.15) is 0 Å². The van der Waals surface area contributed by atoms with E-state index in [1.165, 1.54) is 46.6 Å². The van der Waals surface area contributed by atoms with Gasteiger partial charge in [0.25, 0.3) is 15.9 Å². The van der Waals surface area contributed by atoms with Gasteiger partial charge in [-0.3, -0.25) is 19.2 Å². The summed E-state index contributed by atoms with van der Waals surface area (Å²) in [5, 5.41) is 11.9. The maximum Gasteiger partial charge on any atom is 0.266 e. The highest BCUT2D eigenvalue weighted by Crippen LogP contribution is 2.45. The molecular formula is C40H45N7O10S2. The van der Waals surface area contributed by atoms with Crippen LogP contribution in [0.2, 0.25) is 0 Å². The number of ether oxygens (including phenoxy) is 4. The van der Waals surface area contributed by atoms with Gasteiger partial charge in [-0.05, 0) is 44.5 Å². The number of rotatable bonds is 7. The van der Waals surface area contributed by atoms with Crippen molar-refractivity contribution in [3.8, 4) is 22.9 Å². The molecule has 4 amide bonds. The summed E-state index contributed by atoms with van der Waals surface area (Å²) in [5.74, 6) is -2.29. The number of aromatic nitrogens is 2. The lowest BCUT2D eigenvalue weighted by atomic mass is 10.1. The van der Waals surface area contributed by atoms with E-state index in [-0.39, 0.29) is 62.3 Å². The number of amides is 4. The molecule has 7 rings (SSSR count). The number of carbonyl (C=O) groups is 4. The van der Waals surface area contributed by atoms with E-state index in [2.05, 4.69) is 27.3 Å². The van der Waals surface area contributed by atoms with Crippen molar-refractivity contribution in [2.24, 2.45) is 5.92 Å².